The van der Waals surface area contributed by atoms with Crippen molar-refractivity contribution in [1.29, 1.82) is 0 Å². The number of hydrogen-bond donors (Lipinski definition) is 0. The molecule has 3 aliphatic rings. The predicted octanol–water partition coefficient (Wildman–Crippen LogP) is 3.53. The lowest BCUT2D eigenvalue weighted by Gasteiger charge is -2.26. The molecule has 0 radical (unpaired) electrons. The van der Waals surface area contributed by atoms with Gasteiger partial charge in [0.2, 0.25) is 0 Å². The molecule has 3 rings (SSSR count). The van der Waals surface area contributed by atoms with Crippen LogP contribution in [0.4, 0.5) is 0 Å². The lowest BCUT2D eigenvalue weighted by molar-refractivity contribution is 0.373. The van der Waals surface area contributed by atoms with Crippen LogP contribution in [0, 0.1) is 17.8 Å². The first-order valence-corrected chi connectivity index (χ1v) is 5.64. The summed E-state index contributed by atoms with van der Waals surface area (Å²) in [6.45, 7) is 0. The Hall–Kier alpha value is -0.260. The van der Waals surface area contributed by atoms with E-state index in [1.165, 1.54) is 25.7 Å². The molecule has 0 bridgehead atoms. The van der Waals surface area contributed by atoms with Gasteiger partial charge in [-0.15, -0.1) is 0 Å². The Morgan fingerprint density at radius 1 is 1.08 bits per heavy atom. The van der Waals surface area contributed by atoms with Crippen molar-refractivity contribution in [3.8, 4) is 0 Å². The van der Waals surface area contributed by atoms with Crippen LogP contribution in [0.5, 0.6) is 0 Å². The summed E-state index contributed by atoms with van der Waals surface area (Å²) in [6, 6.07) is 0. The minimum atomic E-state index is 1.05. The fourth-order valence-corrected chi connectivity index (χ4v) is 3.19. The largest absolute Gasteiger partial charge is 0.0847 e. The van der Waals surface area contributed by atoms with Gasteiger partial charge < -0.3 is 0 Å². The van der Waals surface area contributed by atoms with E-state index in [0.717, 1.165) is 17.8 Å². The predicted molar refractivity (Wildman–Crippen MR) is 50.9 cm³/mol. The maximum Gasteiger partial charge on any atom is -0.0172 e. The normalized spacial score (nSPS) is 40.8. The van der Waals surface area contributed by atoms with E-state index in [9.17, 15) is 0 Å². The quantitative estimate of drug-likeness (QED) is 0.545. The van der Waals surface area contributed by atoms with Gasteiger partial charge in [-0.2, -0.15) is 0 Å². The summed E-state index contributed by atoms with van der Waals surface area (Å²) >= 11 is 0. The molecular formula is C12H18. The van der Waals surface area contributed by atoms with E-state index in [1.807, 2.05) is 5.57 Å². The standard InChI is InChI=1S/C12H18/c1-3-9(4-1)11-5-2-6-12(11)10-7-8-10/h3,10-12H,1-2,4-8H2. The molecule has 0 amide bonds. The van der Waals surface area contributed by atoms with E-state index in [4.69, 9.17) is 0 Å². The van der Waals surface area contributed by atoms with Crippen molar-refractivity contribution in [2.45, 2.75) is 44.9 Å². The molecule has 0 N–H and O–H groups in total. The highest BCUT2D eigenvalue weighted by atomic mass is 14.5. The van der Waals surface area contributed by atoms with Crippen LogP contribution in [0.15, 0.2) is 11.6 Å². The van der Waals surface area contributed by atoms with Gasteiger partial charge in [0.25, 0.3) is 0 Å². The molecule has 2 atom stereocenters. The van der Waals surface area contributed by atoms with Crippen molar-refractivity contribution in [2.24, 2.45) is 17.8 Å². The van der Waals surface area contributed by atoms with Gasteiger partial charge >= 0.3 is 0 Å². The summed E-state index contributed by atoms with van der Waals surface area (Å²) in [5.41, 5.74) is 1.84. The van der Waals surface area contributed by atoms with Crippen molar-refractivity contribution in [2.75, 3.05) is 0 Å². The van der Waals surface area contributed by atoms with E-state index in [-0.39, 0.29) is 0 Å². The van der Waals surface area contributed by atoms with E-state index < -0.39 is 0 Å². The molecule has 2 fully saturated rings. The lowest BCUT2D eigenvalue weighted by Crippen LogP contribution is -2.15. The maximum atomic E-state index is 2.51. The molecular weight excluding hydrogens is 144 g/mol. The Bertz CT molecular complexity index is 210. The zero-order valence-electron chi connectivity index (χ0n) is 7.76. The zero-order valence-corrected chi connectivity index (χ0v) is 7.76. The molecule has 0 heteroatoms. The summed E-state index contributed by atoms with van der Waals surface area (Å²) in [6.07, 6.45) is 13.0. The summed E-state index contributed by atoms with van der Waals surface area (Å²) in [5.74, 6) is 3.32. The van der Waals surface area contributed by atoms with Gasteiger partial charge in [0.15, 0.2) is 0 Å². The molecule has 0 aliphatic heterocycles. The molecule has 66 valence electrons. The highest BCUT2D eigenvalue weighted by Crippen LogP contribution is 2.52. The first-order chi connectivity index (χ1) is 5.95. The van der Waals surface area contributed by atoms with E-state index in [2.05, 4.69) is 6.08 Å². The van der Waals surface area contributed by atoms with Crippen molar-refractivity contribution >= 4 is 0 Å². The van der Waals surface area contributed by atoms with Crippen LogP contribution in [-0.4, -0.2) is 0 Å². The first kappa shape index (κ1) is 7.17. The van der Waals surface area contributed by atoms with E-state index >= 15 is 0 Å². The van der Waals surface area contributed by atoms with Crippen molar-refractivity contribution in [3.63, 3.8) is 0 Å². The highest BCUT2D eigenvalue weighted by Gasteiger charge is 2.40. The zero-order chi connectivity index (χ0) is 7.97. The Morgan fingerprint density at radius 3 is 2.50 bits per heavy atom. The lowest BCUT2D eigenvalue weighted by atomic mass is 9.79. The molecule has 0 heterocycles. The SMILES string of the molecule is C1=C(C2CCCC2C2CC2)CC1. The Morgan fingerprint density at radius 2 is 1.92 bits per heavy atom. The summed E-state index contributed by atoms with van der Waals surface area (Å²) in [4.78, 5) is 0. The second-order valence-corrected chi connectivity index (χ2v) is 4.86. The molecule has 0 nitrogen and oxygen atoms in total. The van der Waals surface area contributed by atoms with Crippen LogP contribution in [0.1, 0.15) is 44.9 Å². The Kier molecular flexibility index (Phi) is 1.56. The fraction of sp³-hybridized carbons (Fsp3) is 0.833. The number of hydrogen-bond acceptors (Lipinski definition) is 0. The first-order valence-electron chi connectivity index (χ1n) is 5.64. The van der Waals surface area contributed by atoms with Crippen LogP contribution >= 0.6 is 0 Å². The minimum absolute atomic E-state index is 1.05. The third-order valence-electron chi connectivity index (χ3n) is 4.11. The third-order valence-corrected chi connectivity index (χ3v) is 4.11. The van der Waals surface area contributed by atoms with Crippen LogP contribution < -0.4 is 0 Å². The topological polar surface area (TPSA) is 0 Å². The van der Waals surface area contributed by atoms with Crippen molar-refractivity contribution in [1.82, 2.24) is 0 Å². The van der Waals surface area contributed by atoms with Crippen molar-refractivity contribution < 1.29 is 0 Å². The van der Waals surface area contributed by atoms with E-state index in [1.54, 1.807) is 19.3 Å². The van der Waals surface area contributed by atoms with Crippen LogP contribution in [0.2, 0.25) is 0 Å². The number of rotatable bonds is 2. The van der Waals surface area contributed by atoms with E-state index in [0.29, 0.717) is 0 Å². The molecule has 0 aromatic heterocycles. The van der Waals surface area contributed by atoms with Gasteiger partial charge in [-0.3, -0.25) is 0 Å². The molecule has 3 aliphatic carbocycles. The molecule has 0 aromatic carbocycles. The summed E-state index contributed by atoms with van der Waals surface area (Å²) in [7, 11) is 0. The third kappa shape index (κ3) is 1.04. The monoisotopic (exact) mass is 162 g/mol. The maximum absolute atomic E-state index is 2.51. The molecule has 2 unspecified atom stereocenters. The fourth-order valence-electron chi connectivity index (χ4n) is 3.19. The molecule has 12 heavy (non-hydrogen) atoms. The Balaban J connectivity index is 1.74. The van der Waals surface area contributed by atoms with Gasteiger partial charge in [-0.1, -0.05) is 18.1 Å². The average molecular weight is 162 g/mol. The van der Waals surface area contributed by atoms with Gasteiger partial charge in [-0.05, 0) is 56.3 Å². The van der Waals surface area contributed by atoms with Crippen LogP contribution in [0.25, 0.3) is 0 Å². The average Bonchev–Trinajstić information content (AvgIpc) is 2.70. The van der Waals surface area contributed by atoms with Gasteiger partial charge in [0, 0.05) is 0 Å². The van der Waals surface area contributed by atoms with Gasteiger partial charge in [0.05, 0.1) is 0 Å². The molecule has 0 saturated heterocycles. The summed E-state index contributed by atoms with van der Waals surface area (Å²) in [5, 5.41) is 0. The molecule has 0 aromatic rings. The highest BCUT2D eigenvalue weighted by molar-refractivity contribution is 5.19. The Labute approximate surface area is 75.0 Å². The smallest absolute Gasteiger partial charge is 0.0172 e. The minimum Gasteiger partial charge on any atom is -0.0847 e. The van der Waals surface area contributed by atoms with Crippen LogP contribution in [-0.2, 0) is 0 Å². The molecule has 2 saturated carbocycles. The van der Waals surface area contributed by atoms with Crippen LogP contribution in [0.3, 0.4) is 0 Å². The van der Waals surface area contributed by atoms with Gasteiger partial charge in [0.1, 0.15) is 0 Å². The summed E-state index contributed by atoms with van der Waals surface area (Å²) < 4.78 is 0. The number of allylic oxidation sites excluding steroid dienone is 2. The second kappa shape index (κ2) is 2.61. The molecule has 0 spiro atoms. The van der Waals surface area contributed by atoms with Gasteiger partial charge in [-0.25, -0.2) is 0 Å². The second-order valence-electron chi connectivity index (χ2n) is 4.86. The van der Waals surface area contributed by atoms with Crippen molar-refractivity contribution in [3.05, 3.63) is 11.6 Å².